The molecule has 30 heavy (non-hydrogen) atoms. The number of likely N-dealkylation sites (N-methyl/N-ethyl adjacent to an activating group) is 1. The number of sulfone groups is 1. The van der Waals surface area contributed by atoms with E-state index in [1.54, 1.807) is 24.3 Å². The van der Waals surface area contributed by atoms with Crippen LogP contribution in [0.4, 0.5) is 5.82 Å². The molecule has 0 atom stereocenters. The van der Waals surface area contributed by atoms with Gasteiger partial charge in [-0.25, -0.2) is 18.4 Å². The predicted octanol–water partition coefficient (Wildman–Crippen LogP) is 2.41. The van der Waals surface area contributed by atoms with Gasteiger partial charge in [0.25, 0.3) is 0 Å². The van der Waals surface area contributed by atoms with Crippen LogP contribution >= 0.6 is 11.9 Å². The van der Waals surface area contributed by atoms with Crippen molar-refractivity contribution in [2.24, 2.45) is 0 Å². The lowest BCUT2D eigenvalue weighted by Gasteiger charge is -2.33. The molecule has 5 rings (SSSR count). The van der Waals surface area contributed by atoms with Crippen LogP contribution in [-0.4, -0.2) is 72.0 Å². The van der Waals surface area contributed by atoms with Crippen molar-refractivity contribution in [3.63, 3.8) is 0 Å². The standard InChI is InChI=1S/C20H24N6O2S2/c1-24-10-12-25(13-11-24)19-16-17(21-18(22-19)14-8-9-14)20(26(23-16)29-2)30(27,28)15-6-4-3-5-7-15/h3-7,14H,8-13H2,1-2H3. The van der Waals surface area contributed by atoms with Gasteiger partial charge in [0.1, 0.15) is 11.3 Å². The lowest BCUT2D eigenvalue weighted by molar-refractivity contribution is 0.312. The Morgan fingerprint density at radius 2 is 1.70 bits per heavy atom. The van der Waals surface area contributed by atoms with Crippen molar-refractivity contribution < 1.29 is 8.42 Å². The largest absolute Gasteiger partial charge is 0.352 e. The van der Waals surface area contributed by atoms with E-state index in [9.17, 15) is 8.42 Å². The zero-order valence-electron chi connectivity index (χ0n) is 17.0. The van der Waals surface area contributed by atoms with E-state index >= 15 is 0 Å². The minimum Gasteiger partial charge on any atom is -0.352 e. The second kappa shape index (κ2) is 7.51. The summed E-state index contributed by atoms with van der Waals surface area (Å²) in [5.74, 6) is 1.81. The summed E-state index contributed by atoms with van der Waals surface area (Å²) < 4.78 is 28.6. The minimum atomic E-state index is -3.78. The molecule has 8 nitrogen and oxygen atoms in total. The van der Waals surface area contributed by atoms with Crippen LogP contribution < -0.4 is 4.90 Å². The number of piperazine rings is 1. The normalized spacial score (nSPS) is 18.3. The SMILES string of the molecule is CSn1nc2c(N3CCN(C)CC3)nc(C3CC3)nc2c1S(=O)(=O)c1ccccc1. The summed E-state index contributed by atoms with van der Waals surface area (Å²) in [6.07, 6.45) is 3.91. The van der Waals surface area contributed by atoms with Crippen LogP contribution in [0.25, 0.3) is 11.0 Å². The molecule has 0 N–H and O–H groups in total. The number of anilines is 1. The van der Waals surface area contributed by atoms with Gasteiger partial charge in [0, 0.05) is 38.4 Å². The summed E-state index contributed by atoms with van der Waals surface area (Å²) >= 11 is 1.26. The van der Waals surface area contributed by atoms with Crippen molar-refractivity contribution in [3.8, 4) is 0 Å². The third-order valence-electron chi connectivity index (χ3n) is 5.68. The minimum absolute atomic E-state index is 0.135. The summed E-state index contributed by atoms with van der Waals surface area (Å²) in [5, 5.41) is 4.79. The average Bonchev–Trinajstić information content (AvgIpc) is 3.54. The molecule has 2 aromatic heterocycles. The summed E-state index contributed by atoms with van der Waals surface area (Å²) in [7, 11) is -1.67. The van der Waals surface area contributed by atoms with E-state index in [4.69, 9.17) is 9.97 Å². The zero-order valence-corrected chi connectivity index (χ0v) is 18.7. The Morgan fingerprint density at radius 1 is 1.00 bits per heavy atom. The summed E-state index contributed by atoms with van der Waals surface area (Å²) in [6.45, 7) is 3.53. The lowest BCUT2D eigenvalue weighted by atomic mass is 10.3. The van der Waals surface area contributed by atoms with E-state index in [-0.39, 0.29) is 9.92 Å². The smallest absolute Gasteiger partial charge is 0.226 e. The molecule has 0 spiro atoms. The Bertz CT molecular complexity index is 1180. The molecule has 1 aliphatic heterocycles. The van der Waals surface area contributed by atoms with E-state index < -0.39 is 9.84 Å². The fraction of sp³-hybridized carbons (Fsp3) is 0.450. The summed E-state index contributed by atoms with van der Waals surface area (Å²) in [5.41, 5.74) is 0.992. The first kappa shape index (κ1) is 19.8. The Labute approximate surface area is 180 Å². The Balaban J connectivity index is 1.74. The van der Waals surface area contributed by atoms with Crippen LogP contribution in [0, 0.1) is 0 Å². The molecule has 10 heteroatoms. The first-order chi connectivity index (χ1) is 14.5. The molecule has 1 aromatic carbocycles. The number of hydrogen-bond acceptors (Lipinski definition) is 8. The van der Waals surface area contributed by atoms with Crippen LogP contribution in [-0.2, 0) is 9.84 Å². The number of benzene rings is 1. The zero-order chi connectivity index (χ0) is 20.9. The molecule has 0 bridgehead atoms. The van der Waals surface area contributed by atoms with E-state index in [1.165, 1.54) is 16.0 Å². The number of hydrogen-bond donors (Lipinski definition) is 0. The Kier molecular flexibility index (Phi) is 4.95. The van der Waals surface area contributed by atoms with Gasteiger partial charge in [-0.1, -0.05) is 18.2 Å². The van der Waals surface area contributed by atoms with E-state index in [2.05, 4.69) is 21.9 Å². The van der Waals surface area contributed by atoms with E-state index in [0.29, 0.717) is 17.0 Å². The fourth-order valence-corrected chi connectivity index (χ4v) is 6.07. The molecule has 2 aliphatic rings. The third-order valence-corrected chi connectivity index (χ3v) is 8.17. The first-order valence-electron chi connectivity index (χ1n) is 10.1. The van der Waals surface area contributed by atoms with Gasteiger partial charge >= 0.3 is 0 Å². The van der Waals surface area contributed by atoms with Crippen molar-refractivity contribution in [1.82, 2.24) is 24.1 Å². The number of nitrogens with zero attached hydrogens (tertiary/aromatic N) is 6. The quantitative estimate of drug-likeness (QED) is 0.593. The predicted molar refractivity (Wildman–Crippen MR) is 118 cm³/mol. The third kappa shape index (κ3) is 3.36. The number of aromatic nitrogens is 4. The molecule has 0 unspecified atom stereocenters. The molecule has 3 heterocycles. The van der Waals surface area contributed by atoms with Crippen LogP contribution in [0.15, 0.2) is 40.3 Å². The molecule has 0 amide bonds. The van der Waals surface area contributed by atoms with Crippen molar-refractivity contribution in [3.05, 3.63) is 36.2 Å². The highest BCUT2D eigenvalue weighted by Crippen LogP contribution is 2.41. The molecule has 1 saturated carbocycles. The summed E-state index contributed by atoms with van der Waals surface area (Å²) in [4.78, 5) is 14.4. The lowest BCUT2D eigenvalue weighted by Crippen LogP contribution is -2.45. The molecule has 158 valence electrons. The highest BCUT2D eigenvalue weighted by Gasteiger charge is 2.34. The highest BCUT2D eigenvalue weighted by molar-refractivity contribution is 7.98. The molecular formula is C20H24N6O2S2. The Hall–Kier alpha value is -2.17. The van der Waals surface area contributed by atoms with Crippen molar-refractivity contribution in [2.45, 2.75) is 28.7 Å². The second-order valence-electron chi connectivity index (χ2n) is 7.84. The number of rotatable bonds is 5. The van der Waals surface area contributed by atoms with Crippen molar-refractivity contribution >= 4 is 38.6 Å². The van der Waals surface area contributed by atoms with Crippen LogP contribution in [0.5, 0.6) is 0 Å². The average molecular weight is 445 g/mol. The van der Waals surface area contributed by atoms with Gasteiger partial charge in [-0.3, -0.25) is 0 Å². The first-order valence-corrected chi connectivity index (χ1v) is 12.7. The molecule has 1 aliphatic carbocycles. The van der Waals surface area contributed by atoms with Gasteiger partial charge in [0.15, 0.2) is 16.4 Å². The topological polar surface area (TPSA) is 84.2 Å². The van der Waals surface area contributed by atoms with Crippen LogP contribution in [0.1, 0.15) is 24.6 Å². The monoisotopic (exact) mass is 444 g/mol. The molecule has 0 radical (unpaired) electrons. The van der Waals surface area contributed by atoms with Crippen LogP contribution in [0.2, 0.25) is 0 Å². The molecule has 1 saturated heterocycles. The maximum atomic E-state index is 13.6. The highest BCUT2D eigenvalue weighted by atomic mass is 32.2. The van der Waals surface area contributed by atoms with Gasteiger partial charge in [0.2, 0.25) is 9.84 Å². The van der Waals surface area contributed by atoms with Crippen LogP contribution in [0.3, 0.4) is 0 Å². The summed E-state index contributed by atoms with van der Waals surface area (Å²) in [6, 6.07) is 8.50. The molecule has 2 fully saturated rings. The fourth-order valence-electron chi connectivity index (χ4n) is 3.76. The second-order valence-corrected chi connectivity index (χ2v) is 10.4. The Morgan fingerprint density at radius 3 is 2.33 bits per heavy atom. The van der Waals surface area contributed by atoms with Gasteiger partial charge in [-0.15, -0.1) is 0 Å². The maximum Gasteiger partial charge on any atom is 0.226 e. The van der Waals surface area contributed by atoms with E-state index in [0.717, 1.165) is 50.7 Å². The van der Waals surface area contributed by atoms with E-state index in [1.807, 2.05) is 12.3 Å². The van der Waals surface area contributed by atoms with Gasteiger partial charge < -0.3 is 9.80 Å². The maximum absolute atomic E-state index is 13.6. The molecular weight excluding hydrogens is 420 g/mol. The van der Waals surface area contributed by atoms with Gasteiger partial charge in [-0.2, -0.15) is 9.19 Å². The van der Waals surface area contributed by atoms with Crippen molar-refractivity contribution in [1.29, 1.82) is 0 Å². The van der Waals surface area contributed by atoms with Gasteiger partial charge in [-0.05, 0) is 44.0 Å². The van der Waals surface area contributed by atoms with Crippen molar-refractivity contribution in [2.75, 3.05) is 44.4 Å². The molecule has 3 aromatic rings. The van der Waals surface area contributed by atoms with Gasteiger partial charge in [0.05, 0.1) is 4.90 Å². The number of fused-ring (bicyclic) bond motifs is 1.